The molecular weight excluding hydrogens is 350 g/mol. The van der Waals surface area contributed by atoms with Gasteiger partial charge >= 0.3 is 0 Å². The summed E-state index contributed by atoms with van der Waals surface area (Å²) in [5, 5.41) is 0. The van der Waals surface area contributed by atoms with Gasteiger partial charge in [0.25, 0.3) is 0 Å². The Morgan fingerprint density at radius 2 is 1.82 bits per heavy atom. The smallest absolute Gasteiger partial charge is 0.167 e. The first-order chi connectivity index (χ1) is 13.4. The van der Waals surface area contributed by atoms with Crippen molar-refractivity contribution in [1.29, 1.82) is 0 Å². The minimum absolute atomic E-state index is 0.0111. The first-order valence-corrected chi connectivity index (χ1v) is 9.90. The highest BCUT2D eigenvalue weighted by molar-refractivity contribution is 5.98. The number of ether oxygens (including phenoxy) is 1. The van der Waals surface area contributed by atoms with Gasteiger partial charge < -0.3 is 4.74 Å². The summed E-state index contributed by atoms with van der Waals surface area (Å²) in [6.45, 7) is 8.07. The third kappa shape index (κ3) is 4.50. The molecule has 4 heteroatoms. The van der Waals surface area contributed by atoms with E-state index in [4.69, 9.17) is 4.74 Å². The van der Waals surface area contributed by atoms with Gasteiger partial charge in [-0.1, -0.05) is 18.2 Å². The molecule has 0 spiro atoms. The summed E-state index contributed by atoms with van der Waals surface area (Å²) >= 11 is 0. The van der Waals surface area contributed by atoms with Gasteiger partial charge in [0, 0.05) is 30.1 Å². The van der Waals surface area contributed by atoms with E-state index in [0.717, 1.165) is 66.0 Å². The standard InChI is InChI=1S/C24H29NO3/c1-16-11-22(12-17(2)24(16)28-4)23(27)21-9-6-10-25(15-21)14-19-7-5-8-20(13-19)18(3)26/h5,7-8,11-13,21H,6,9-10,14-15H2,1-4H3/t21-/m1/s1. The Kier molecular flexibility index (Phi) is 6.30. The molecule has 0 saturated carbocycles. The lowest BCUT2D eigenvalue weighted by Crippen LogP contribution is -2.38. The predicted octanol–water partition coefficient (Wildman–Crippen LogP) is 4.61. The number of benzene rings is 2. The molecule has 0 amide bonds. The van der Waals surface area contributed by atoms with E-state index in [2.05, 4.69) is 4.90 Å². The molecule has 0 aromatic heterocycles. The molecule has 1 aliphatic rings. The number of methoxy groups -OCH3 is 1. The summed E-state index contributed by atoms with van der Waals surface area (Å²) < 4.78 is 5.42. The fourth-order valence-electron chi connectivity index (χ4n) is 4.21. The third-order valence-corrected chi connectivity index (χ3v) is 5.56. The predicted molar refractivity (Wildman–Crippen MR) is 111 cm³/mol. The molecule has 1 aliphatic heterocycles. The van der Waals surface area contributed by atoms with Crippen molar-refractivity contribution in [3.8, 4) is 5.75 Å². The van der Waals surface area contributed by atoms with Crippen LogP contribution >= 0.6 is 0 Å². The molecule has 28 heavy (non-hydrogen) atoms. The van der Waals surface area contributed by atoms with Crippen molar-refractivity contribution in [1.82, 2.24) is 4.90 Å². The monoisotopic (exact) mass is 379 g/mol. The molecular formula is C24H29NO3. The van der Waals surface area contributed by atoms with Crippen LogP contribution in [0.15, 0.2) is 36.4 Å². The normalized spacial score (nSPS) is 17.4. The molecule has 3 rings (SSSR count). The van der Waals surface area contributed by atoms with Gasteiger partial charge in [0.2, 0.25) is 0 Å². The average molecular weight is 380 g/mol. The van der Waals surface area contributed by atoms with Gasteiger partial charge in [-0.3, -0.25) is 14.5 Å². The largest absolute Gasteiger partial charge is 0.496 e. The van der Waals surface area contributed by atoms with E-state index in [1.807, 2.05) is 50.2 Å². The number of piperidine rings is 1. The number of likely N-dealkylation sites (tertiary alicyclic amines) is 1. The quantitative estimate of drug-likeness (QED) is 0.688. The summed E-state index contributed by atoms with van der Waals surface area (Å²) in [4.78, 5) is 27.1. The van der Waals surface area contributed by atoms with Gasteiger partial charge in [0.05, 0.1) is 7.11 Å². The second-order valence-corrected chi connectivity index (χ2v) is 7.84. The van der Waals surface area contributed by atoms with E-state index in [0.29, 0.717) is 0 Å². The van der Waals surface area contributed by atoms with Gasteiger partial charge in [0.1, 0.15) is 5.75 Å². The molecule has 148 valence electrons. The summed E-state index contributed by atoms with van der Waals surface area (Å²) in [7, 11) is 1.66. The van der Waals surface area contributed by atoms with Crippen molar-refractivity contribution < 1.29 is 14.3 Å². The number of aryl methyl sites for hydroxylation is 2. The van der Waals surface area contributed by atoms with Crippen molar-refractivity contribution in [3.05, 3.63) is 64.2 Å². The molecule has 0 N–H and O–H groups in total. The van der Waals surface area contributed by atoms with Crippen LogP contribution in [0.3, 0.4) is 0 Å². The number of Topliss-reactive ketones (excluding diaryl/α,β-unsaturated/α-hetero) is 2. The highest BCUT2D eigenvalue weighted by Crippen LogP contribution is 2.28. The summed E-state index contributed by atoms with van der Waals surface area (Å²) in [5.74, 6) is 1.17. The number of carbonyl (C=O) groups is 2. The Balaban J connectivity index is 1.72. The molecule has 0 unspecified atom stereocenters. The van der Waals surface area contributed by atoms with Crippen LogP contribution in [0.1, 0.15) is 57.2 Å². The summed E-state index contributed by atoms with van der Waals surface area (Å²) in [6.07, 6.45) is 1.93. The van der Waals surface area contributed by atoms with E-state index in [1.165, 1.54) is 0 Å². The molecule has 2 aromatic carbocycles. The van der Waals surface area contributed by atoms with Crippen LogP contribution in [0.5, 0.6) is 5.75 Å². The maximum absolute atomic E-state index is 13.1. The molecule has 1 atom stereocenters. The average Bonchev–Trinajstić information content (AvgIpc) is 2.67. The van der Waals surface area contributed by atoms with Gasteiger partial charge in [-0.25, -0.2) is 0 Å². The zero-order chi connectivity index (χ0) is 20.3. The minimum atomic E-state index is 0.0111. The number of rotatable bonds is 6. The number of nitrogens with zero attached hydrogens (tertiary/aromatic N) is 1. The highest BCUT2D eigenvalue weighted by Gasteiger charge is 2.27. The SMILES string of the molecule is COc1c(C)cc(C(=O)[C@@H]2CCCN(Cc3cccc(C(C)=O)c3)C2)cc1C. The topological polar surface area (TPSA) is 46.6 Å². The van der Waals surface area contributed by atoms with Gasteiger partial charge in [-0.15, -0.1) is 0 Å². The fraction of sp³-hybridized carbons (Fsp3) is 0.417. The zero-order valence-electron chi connectivity index (χ0n) is 17.2. The van der Waals surface area contributed by atoms with Gasteiger partial charge in [0.15, 0.2) is 11.6 Å². The minimum Gasteiger partial charge on any atom is -0.496 e. The van der Waals surface area contributed by atoms with Crippen LogP contribution in [0.25, 0.3) is 0 Å². The van der Waals surface area contributed by atoms with Gasteiger partial charge in [-0.2, -0.15) is 0 Å². The number of ketones is 2. The number of hydrogen-bond donors (Lipinski definition) is 0. The van der Waals surface area contributed by atoms with E-state index in [1.54, 1.807) is 14.0 Å². The maximum atomic E-state index is 13.1. The molecule has 1 heterocycles. The number of hydrogen-bond acceptors (Lipinski definition) is 4. The van der Waals surface area contributed by atoms with Crippen molar-refractivity contribution >= 4 is 11.6 Å². The van der Waals surface area contributed by atoms with Crippen LogP contribution in [0.2, 0.25) is 0 Å². The molecule has 2 aromatic rings. The van der Waals surface area contributed by atoms with Crippen molar-refractivity contribution in [2.75, 3.05) is 20.2 Å². The first kappa shape index (κ1) is 20.3. The Morgan fingerprint density at radius 1 is 1.11 bits per heavy atom. The van der Waals surface area contributed by atoms with Crippen LogP contribution in [0, 0.1) is 19.8 Å². The van der Waals surface area contributed by atoms with E-state index < -0.39 is 0 Å². The van der Waals surface area contributed by atoms with Crippen molar-refractivity contribution in [3.63, 3.8) is 0 Å². The molecule has 1 fully saturated rings. The Labute approximate surface area is 167 Å². The van der Waals surface area contributed by atoms with Crippen LogP contribution < -0.4 is 4.74 Å². The van der Waals surface area contributed by atoms with Crippen LogP contribution in [-0.2, 0) is 6.54 Å². The van der Waals surface area contributed by atoms with Crippen LogP contribution in [0.4, 0.5) is 0 Å². The van der Waals surface area contributed by atoms with Gasteiger partial charge in [-0.05, 0) is 75.0 Å². The molecule has 0 radical (unpaired) electrons. The van der Waals surface area contributed by atoms with Crippen molar-refractivity contribution in [2.24, 2.45) is 5.92 Å². The lowest BCUT2D eigenvalue weighted by molar-refractivity contribution is 0.0811. The third-order valence-electron chi connectivity index (χ3n) is 5.56. The van der Waals surface area contributed by atoms with Crippen molar-refractivity contribution in [2.45, 2.75) is 40.2 Å². The fourth-order valence-corrected chi connectivity index (χ4v) is 4.21. The summed E-state index contributed by atoms with van der Waals surface area (Å²) in [6, 6.07) is 11.7. The van der Waals surface area contributed by atoms with E-state index >= 15 is 0 Å². The Bertz CT molecular complexity index is 864. The molecule has 0 bridgehead atoms. The molecule has 0 aliphatic carbocycles. The molecule has 1 saturated heterocycles. The lowest BCUT2D eigenvalue weighted by atomic mass is 9.88. The van der Waals surface area contributed by atoms with E-state index in [9.17, 15) is 9.59 Å². The second-order valence-electron chi connectivity index (χ2n) is 7.84. The highest BCUT2D eigenvalue weighted by atomic mass is 16.5. The molecule has 4 nitrogen and oxygen atoms in total. The van der Waals surface area contributed by atoms with Crippen LogP contribution in [-0.4, -0.2) is 36.7 Å². The van der Waals surface area contributed by atoms with E-state index in [-0.39, 0.29) is 17.5 Å². The lowest BCUT2D eigenvalue weighted by Gasteiger charge is -2.32. The first-order valence-electron chi connectivity index (χ1n) is 9.90. The second kappa shape index (κ2) is 8.70. The number of carbonyl (C=O) groups excluding carboxylic acids is 2. The Hall–Kier alpha value is -2.46. The Morgan fingerprint density at radius 3 is 2.46 bits per heavy atom. The maximum Gasteiger partial charge on any atom is 0.167 e. The summed E-state index contributed by atoms with van der Waals surface area (Å²) in [5.41, 5.74) is 4.64. The zero-order valence-corrected chi connectivity index (χ0v) is 17.2.